The quantitative estimate of drug-likeness (QED) is 0.713. The molecule has 0 radical (unpaired) electrons. The summed E-state index contributed by atoms with van der Waals surface area (Å²) in [5, 5.41) is 7.17. The first-order valence-corrected chi connectivity index (χ1v) is 6.04. The van der Waals surface area contributed by atoms with E-state index in [1.54, 1.807) is 0 Å². The van der Waals surface area contributed by atoms with Crippen LogP contribution in [0.15, 0.2) is 6.07 Å². The van der Waals surface area contributed by atoms with Crippen molar-refractivity contribution < 1.29 is 22.8 Å². The maximum absolute atomic E-state index is 12.7. The molecule has 3 N–H and O–H groups in total. The van der Waals surface area contributed by atoms with Gasteiger partial charge in [0.2, 0.25) is 17.6 Å². The number of alkyl halides is 3. The normalized spacial score (nSPS) is 19.1. The molecular weight excluding hydrogens is 291 g/mol. The predicted molar refractivity (Wildman–Crippen MR) is 66.4 cm³/mol. The molecule has 1 unspecified atom stereocenters. The van der Waals surface area contributed by atoms with Crippen molar-refractivity contribution in [2.24, 2.45) is 0 Å². The summed E-state index contributed by atoms with van der Waals surface area (Å²) < 4.78 is 38.1. The SMILES string of the molecule is CNc1cc(NC2CCC(=O)NC2=O)nc(C(F)(F)F)n1. The van der Waals surface area contributed by atoms with Crippen molar-refractivity contribution >= 4 is 23.5 Å². The van der Waals surface area contributed by atoms with Gasteiger partial charge in [-0.05, 0) is 6.42 Å². The Labute approximate surface area is 117 Å². The van der Waals surface area contributed by atoms with E-state index < -0.39 is 29.9 Å². The van der Waals surface area contributed by atoms with Gasteiger partial charge in [0.15, 0.2) is 0 Å². The van der Waals surface area contributed by atoms with Crippen molar-refractivity contribution in [2.45, 2.75) is 25.1 Å². The fourth-order valence-corrected chi connectivity index (χ4v) is 1.79. The van der Waals surface area contributed by atoms with Gasteiger partial charge in [0.25, 0.3) is 0 Å². The number of amides is 2. The molecule has 114 valence electrons. The Morgan fingerprint density at radius 2 is 1.95 bits per heavy atom. The zero-order valence-electron chi connectivity index (χ0n) is 10.9. The maximum atomic E-state index is 12.7. The fourth-order valence-electron chi connectivity index (χ4n) is 1.79. The van der Waals surface area contributed by atoms with E-state index in [1.165, 1.54) is 13.1 Å². The third-order valence-electron chi connectivity index (χ3n) is 2.80. The molecule has 1 fully saturated rings. The molecule has 2 heterocycles. The molecule has 0 spiro atoms. The minimum Gasteiger partial charge on any atom is -0.373 e. The molecule has 1 saturated heterocycles. The number of piperidine rings is 1. The van der Waals surface area contributed by atoms with Gasteiger partial charge in [-0.25, -0.2) is 9.97 Å². The minimum atomic E-state index is -4.70. The monoisotopic (exact) mass is 303 g/mol. The van der Waals surface area contributed by atoms with Crippen LogP contribution in [0, 0.1) is 0 Å². The van der Waals surface area contributed by atoms with Crippen molar-refractivity contribution in [1.82, 2.24) is 15.3 Å². The van der Waals surface area contributed by atoms with Crippen LogP contribution in [0.1, 0.15) is 18.7 Å². The molecule has 1 atom stereocenters. The standard InChI is InChI=1S/C11H12F3N5O2/c1-15-6-4-7(18-10(17-6)11(12,13)14)16-5-2-3-8(20)19-9(5)21/h4-5H,2-3H2,1H3,(H,19,20,21)(H2,15,16,17,18). The highest BCUT2D eigenvalue weighted by molar-refractivity contribution is 6.01. The Morgan fingerprint density at radius 3 is 2.52 bits per heavy atom. The first-order valence-electron chi connectivity index (χ1n) is 6.04. The van der Waals surface area contributed by atoms with E-state index in [0.29, 0.717) is 0 Å². The first-order chi connectivity index (χ1) is 9.79. The number of nitrogens with zero attached hydrogens (tertiary/aromatic N) is 2. The Balaban J connectivity index is 2.23. The van der Waals surface area contributed by atoms with E-state index in [-0.39, 0.29) is 24.5 Å². The predicted octanol–water partition coefficient (Wildman–Crippen LogP) is 0.754. The highest BCUT2D eigenvalue weighted by Gasteiger charge is 2.36. The van der Waals surface area contributed by atoms with Crippen LogP contribution in [0.25, 0.3) is 0 Å². The zero-order chi connectivity index (χ0) is 15.6. The number of imide groups is 1. The number of carbonyl (C=O) groups excluding carboxylic acids is 2. The average molecular weight is 303 g/mol. The summed E-state index contributed by atoms with van der Waals surface area (Å²) in [6, 6.07) is 0.433. The van der Waals surface area contributed by atoms with Crippen molar-refractivity contribution in [3.8, 4) is 0 Å². The summed E-state index contributed by atoms with van der Waals surface area (Å²) in [6.07, 6.45) is -4.40. The van der Waals surface area contributed by atoms with E-state index in [0.717, 1.165) is 0 Å². The average Bonchev–Trinajstić information content (AvgIpc) is 2.40. The lowest BCUT2D eigenvalue weighted by Gasteiger charge is -2.22. The van der Waals surface area contributed by atoms with Crippen LogP contribution in [0.5, 0.6) is 0 Å². The van der Waals surface area contributed by atoms with Gasteiger partial charge in [-0.3, -0.25) is 14.9 Å². The molecule has 7 nitrogen and oxygen atoms in total. The lowest BCUT2D eigenvalue weighted by molar-refractivity contribution is -0.144. The molecule has 2 amide bonds. The maximum Gasteiger partial charge on any atom is 0.451 e. The molecular formula is C11H12F3N5O2. The van der Waals surface area contributed by atoms with Crippen LogP contribution < -0.4 is 16.0 Å². The van der Waals surface area contributed by atoms with Crippen LogP contribution in [0.4, 0.5) is 24.8 Å². The number of hydrogen-bond donors (Lipinski definition) is 3. The van der Waals surface area contributed by atoms with Gasteiger partial charge in [0, 0.05) is 19.5 Å². The molecule has 21 heavy (non-hydrogen) atoms. The van der Waals surface area contributed by atoms with E-state index in [2.05, 4.69) is 25.9 Å². The summed E-state index contributed by atoms with van der Waals surface area (Å²) in [5.41, 5.74) is 0. The minimum absolute atomic E-state index is 0.0351. The van der Waals surface area contributed by atoms with E-state index in [4.69, 9.17) is 0 Å². The van der Waals surface area contributed by atoms with Gasteiger partial charge < -0.3 is 10.6 Å². The molecule has 2 rings (SSSR count). The van der Waals surface area contributed by atoms with E-state index in [9.17, 15) is 22.8 Å². The number of carbonyl (C=O) groups is 2. The summed E-state index contributed by atoms with van der Waals surface area (Å²) in [6.45, 7) is 0. The highest BCUT2D eigenvalue weighted by Crippen LogP contribution is 2.28. The van der Waals surface area contributed by atoms with Gasteiger partial charge in [-0.15, -0.1) is 0 Å². The second-order valence-electron chi connectivity index (χ2n) is 4.36. The fraction of sp³-hybridized carbons (Fsp3) is 0.455. The second kappa shape index (κ2) is 5.54. The van der Waals surface area contributed by atoms with Crippen LogP contribution >= 0.6 is 0 Å². The van der Waals surface area contributed by atoms with Crippen molar-refractivity contribution in [3.63, 3.8) is 0 Å². The number of nitrogens with one attached hydrogen (secondary N) is 3. The van der Waals surface area contributed by atoms with Gasteiger partial charge >= 0.3 is 6.18 Å². The van der Waals surface area contributed by atoms with Gasteiger partial charge in [0.05, 0.1) is 0 Å². The van der Waals surface area contributed by atoms with Gasteiger partial charge in [0.1, 0.15) is 17.7 Å². The summed E-state index contributed by atoms with van der Waals surface area (Å²) >= 11 is 0. The topological polar surface area (TPSA) is 96.0 Å². The summed E-state index contributed by atoms with van der Waals surface area (Å²) in [5.74, 6) is -2.50. The molecule has 0 aromatic carbocycles. The first kappa shape index (κ1) is 15.0. The third kappa shape index (κ3) is 3.58. The van der Waals surface area contributed by atoms with Crippen LogP contribution in [0.3, 0.4) is 0 Å². The lowest BCUT2D eigenvalue weighted by atomic mass is 10.1. The Bertz CT molecular complexity index is 575. The number of halogens is 3. The Hall–Kier alpha value is -2.39. The van der Waals surface area contributed by atoms with Gasteiger partial charge in [-0.2, -0.15) is 13.2 Å². The largest absolute Gasteiger partial charge is 0.451 e. The van der Waals surface area contributed by atoms with Crippen molar-refractivity contribution in [2.75, 3.05) is 17.7 Å². The molecule has 0 aliphatic carbocycles. The van der Waals surface area contributed by atoms with Gasteiger partial charge in [-0.1, -0.05) is 0 Å². The number of hydrogen-bond acceptors (Lipinski definition) is 6. The molecule has 1 aromatic rings. The van der Waals surface area contributed by atoms with E-state index in [1.807, 2.05) is 0 Å². The zero-order valence-corrected chi connectivity index (χ0v) is 10.9. The smallest absolute Gasteiger partial charge is 0.373 e. The Kier molecular flexibility index (Phi) is 3.96. The van der Waals surface area contributed by atoms with E-state index >= 15 is 0 Å². The number of rotatable bonds is 3. The summed E-state index contributed by atoms with van der Waals surface area (Å²) in [4.78, 5) is 29.2. The number of aromatic nitrogens is 2. The highest BCUT2D eigenvalue weighted by atomic mass is 19.4. The van der Waals surface area contributed by atoms with Crippen LogP contribution in [-0.4, -0.2) is 34.9 Å². The lowest BCUT2D eigenvalue weighted by Crippen LogP contribution is -2.47. The summed E-state index contributed by atoms with van der Waals surface area (Å²) in [7, 11) is 1.41. The molecule has 1 aliphatic heterocycles. The third-order valence-corrected chi connectivity index (χ3v) is 2.80. The van der Waals surface area contributed by atoms with Crippen molar-refractivity contribution in [3.05, 3.63) is 11.9 Å². The molecule has 0 saturated carbocycles. The van der Waals surface area contributed by atoms with Crippen LogP contribution in [-0.2, 0) is 15.8 Å². The molecule has 1 aliphatic rings. The van der Waals surface area contributed by atoms with Crippen molar-refractivity contribution in [1.29, 1.82) is 0 Å². The number of anilines is 2. The van der Waals surface area contributed by atoms with Crippen LogP contribution in [0.2, 0.25) is 0 Å². The Morgan fingerprint density at radius 1 is 1.29 bits per heavy atom. The molecule has 0 bridgehead atoms. The second-order valence-corrected chi connectivity index (χ2v) is 4.36. The molecule has 10 heteroatoms. The molecule has 1 aromatic heterocycles.